The maximum Gasteiger partial charge on any atom is 0.264 e. The lowest BCUT2D eigenvalue weighted by Gasteiger charge is -2.27. The van der Waals surface area contributed by atoms with Crippen molar-refractivity contribution in [2.75, 3.05) is 4.31 Å². The minimum atomic E-state index is -3.94. The second-order valence-corrected chi connectivity index (χ2v) is 10.8. The number of carbonyl (C=O) groups excluding carboxylic acids is 1. The highest BCUT2D eigenvalue weighted by Crippen LogP contribution is 2.30. The Morgan fingerprint density at radius 1 is 0.833 bits per heavy atom. The van der Waals surface area contributed by atoms with Crippen molar-refractivity contribution in [1.82, 2.24) is 5.32 Å². The second kappa shape index (κ2) is 10.4. The molecule has 0 saturated carbocycles. The fourth-order valence-corrected chi connectivity index (χ4v) is 6.23. The third-order valence-corrected chi connectivity index (χ3v) is 8.34. The highest BCUT2D eigenvalue weighted by molar-refractivity contribution is 7.92. The predicted octanol–water partition coefficient (Wildman–Crippen LogP) is 5.89. The van der Waals surface area contributed by atoms with Crippen molar-refractivity contribution in [3.63, 3.8) is 0 Å². The Labute approximate surface area is 212 Å². The third-order valence-electron chi connectivity index (χ3n) is 6.57. The molecule has 0 fully saturated rings. The summed E-state index contributed by atoms with van der Waals surface area (Å²) in [5.74, 6) is -0.275. The van der Waals surface area contributed by atoms with Crippen LogP contribution in [0.1, 0.15) is 45.9 Å². The SMILES string of the molecule is O=C(NC1CCCc2ccccc21)c1cccc(S(=O)(=O)N(Cc2ccccc2)c2ccccc2)c1. The molecule has 0 heterocycles. The Balaban J connectivity index is 1.44. The van der Waals surface area contributed by atoms with Crippen LogP contribution in [-0.2, 0) is 23.0 Å². The van der Waals surface area contributed by atoms with E-state index in [0.29, 0.717) is 11.3 Å². The van der Waals surface area contributed by atoms with Gasteiger partial charge in [-0.1, -0.05) is 78.9 Å². The van der Waals surface area contributed by atoms with Gasteiger partial charge in [-0.2, -0.15) is 0 Å². The molecule has 1 N–H and O–H groups in total. The number of carbonyl (C=O) groups is 1. The summed E-state index contributed by atoms with van der Waals surface area (Å²) in [7, 11) is -3.94. The Kier molecular flexibility index (Phi) is 6.87. The predicted molar refractivity (Wildman–Crippen MR) is 142 cm³/mol. The summed E-state index contributed by atoms with van der Waals surface area (Å²) < 4.78 is 29.1. The Bertz CT molecular complexity index is 1450. The van der Waals surface area contributed by atoms with Crippen molar-refractivity contribution in [2.24, 2.45) is 0 Å². The molecule has 1 amide bonds. The summed E-state index contributed by atoms with van der Waals surface area (Å²) in [4.78, 5) is 13.3. The van der Waals surface area contributed by atoms with Gasteiger partial charge in [0.1, 0.15) is 0 Å². The van der Waals surface area contributed by atoms with E-state index in [1.54, 1.807) is 30.3 Å². The first-order chi connectivity index (χ1) is 17.5. The van der Waals surface area contributed by atoms with Crippen LogP contribution in [0.5, 0.6) is 0 Å². The van der Waals surface area contributed by atoms with Gasteiger partial charge in [-0.25, -0.2) is 8.42 Å². The van der Waals surface area contributed by atoms with Crippen molar-refractivity contribution in [3.05, 3.63) is 131 Å². The molecule has 0 saturated heterocycles. The maximum absolute atomic E-state index is 13.9. The van der Waals surface area contributed by atoms with Crippen molar-refractivity contribution in [1.29, 1.82) is 0 Å². The molecule has 0 aliphatic heterocycles. The number of fused-ring (bicyclic) bond motifs is 1. The zero-order chi connectivity index (χ0) is 25.0. The number of hydrogen-bond acceptors (Lipinski definition) is 3. The Hall–Kier alpha value is -3.90. The number of rotatable bonds is 7. The van der Waals surface area contributed by atoms with Crippen molar-refractivity contribution < 1.29 is 13.2 Å². The van der Waals surface area contributed by atoms with Gasteiger partial charge >= 0.3 is 0 Å². The highest BCUT2D eigenvalue weighted by atomic mass is 32.2. The fourth-order valence-electron chi connectivity index (χ4n) is 4.73. The number of nitrogens with zero attached hydrogens (tertiary/aromatic N) is 1. The van der Waals surface area contributed by atoms with Crippen LogP contribution in [0.15, 0.2) is 114 Å². The van der Waals surface area contributed by atoms with Gasteiger partial charge in [0.25, 0.3) is 15.9 Å². The molecule has 36 heavy (non-hydrogen) atoms. The molecular formula is C30H28N2O3S. The fraction of sp³-hybridized carbons (Fsp3) is 0.167. The van der Waals surface area contributed by atoms with Crippen molar-refractivity contribution in [2.45, 2.75) is 36.7 Å². The van der Waals surface area contributed by atoms with E-state index in [0.717, 1.165) is 30.4 Å². The topological polar surface area (TPSA) is 66.5 Å². The van der Waals surface area contributed by atoms with Crippen LogP contribution in [0, 0.1) is 0 Å². The molecule has 0 bridgehead atoms. The summed E-state index contributed by atoms with van der Waals surface area (Å²) in [5, 5.41) is 3.12. The molecule has 0 radical (unpaired) electrons. The lowest BCUT2D eigenvalue weighted by molar-refractivity contribution is 0.0932. The van der Waals surface area contributed by atoms with Crippen LogP contribution < -0.4 is 9.62 Å². The van der Waals surface area contributed by atoms with Crippen LogP contribution in [0.2, 0.25) is 0 Å². The van der Waals surface area contributed by atoms with Crippen LogP contribution >= 0.6 is 0 Å². The first-order valence-corrected chi connectivity index (χ1v) is 13.6. The number of nitrogens with one attached hydrogen (secondary N) is 1. The molecule has 1 aliphatic carbocycles. The average Bonchev–Trinajstić information content (AvgIpc) is 2.93. The number of sulfonamides is 1. The van der Waals surface area contributed by atoms with Crippen LogP contribution in [0.4, 0.5) is 5.69 Å². The molecule has 182 valence electrons. The van der Waals surface area contributed by atoms with E-state index in [9.17, 15) is 13.2 Å². The highest BCUT2D eigenvalue weighted by Gasteiger charge is 2.27. The van der Waals surface area contributed by atoms with Crippen LogP contribution in [-0.4, -0.2) is 14.3 Å². The van der Waals surface area contributed by atoms with E-state index < -0.39 is 10.0 Å². The third kappa shape index (κ3) is 5.04. The lowest BCUT2D eigenvalue weighted by atomic mass is 9.87. The molecule has 1 unspecified atom stereocenters. The molecule has 0 spiro atoms. The van der Waals surface area contributed by atoms with Gasteiger partial charge in [-0.3, -0.25) is 9.10 Å². The maximum atomic E-state index is 13.9. The van der Waals surface area contributed by atoms with Gasteiger partial charge < -0.3 is 5.32 Å². The number of hydrogen-bond donors (Lipinski definition) is 1. The smallest absolute Gasteiger partial charge is 0.264 e. The molecule has 1 atom stereocenters. The summed E-state index contributed by atoms with van der Waals surface area (Å²) in [5.41, 5.74) is 4.15. The lowest BCUT2D eigenvalue weighted by Crippen LogP contribution is -2.32. The van der Waals surface area contributed by atoms with Gasteiger partial charge in [0.15, 0.2) is 0 Å². The molecular weight excluding hydrogens is 468 g/mol. The molecule has 4 aromatic carbocycles. The van der Waals surface area contributed by atoms with Crippen molar-refractivity contribution >= 4 is 21.6 Å². The number of amides is 1. The van der Waals surface area contributed by atoms with E-state index in [1.165, 1.54) is 15.9 Å². The second-order valence-electron chi connectivity index (χ2n) is 8.98. The number of aryl methyl sites for hydroxylation is 1. The molecule has 1 aliphatic rings. The van der Waals surface area contributed by atoms with Crippen molar-refractivity contribution in [3.8, 4) is 0 Å². The number of anilines is 1. The zero-order valence-corrected chi connectivity index (χ0v) is 20.7. The van der Waals surface area contributed by atoms with E-state index >= 15 is 0 Å². The molecule has 6 heteroatoms. The quantitative estimate of drug-likeness (QED) is 0.347. The normalized spacial score (nSPS) is 15.1. The molecule has 4 aromatic rings. The minimum Gasteiger partial charge on any atom is -0.345 e. The standard InChI is InChI=1S/C30H28N2O3S/c33-30(31-29-20-10-14-24-13-7-8-19-28(24)29)25-15-9-18-27(21-25)36(34,35)32(26-16-5-2-6-17-26)22-23-11-3-1-4-12-23/h1-9,11-13,15-19,21,29H,10,14,20,22H2,(H,31,33). The monoisotopic (exact) mass is 496 g/mol. The first kappa shape index (κ1) is 23.8. The van der Waals surface area contributed by atoms with Crippen LogP contribution in [0.3, 0.4) is 0 Å². The minimum absolute atomic E-state index is 0.0818. The average molecular weight is 497 g/mol. The molecule has 5 rings (SSSR count). The Morgan fingerprint density at radius 3 is 2.31 bits per heavy atom. The van der Waals surface area contributed by atoms with Crippen LogP contribution in [0.25, 0.3) is 0 Å². The largest absolute Gasteiger partial charge is 0.345 e. The summed E-state index contributed by atoms with van der Waals surface area (Å²) in [6.07, 6.45) is 2.87. The molecule has 0 aromatic heterocycles. The Morgan fingerprint density at radius 2 is 1.53 bits per heavy atom. The van der Waals surface area contributed by atoms with E-state index in [-0.39, 0.29) is 23.4 Å². The summed E-state index contributed by atoms with van der Waals surface area (Å²) >= 11 is 0. The molecule has 5 nitrogen and oxygen atoms in total. The summed E-state index contributed by atoms with van der Waals surface area (Å²) in [6, 6.07) is 32.9. The van der Waals surface area contributed by atoms with E-state index in [4.69, 9.17) is 0 Å². The van der Waals surface area contributed by atoms with Gasteiger partial charge in [0, 0.05) is 5.56 Å². The number of para-hydroxylation sites is 1. The van der Waals surface area contributed by atoms with Gasteiger partial charge in [0.2, 0.25) is 0 Å². The van der Waals surface area contributed by atoms with Gasteiger partial charge in [-0.15, -0.1) is 0 Å². The summed E-state index contributed by atoms with van der Waals surface area (Å²) in [6.45, 7) is 0.183. The van der Waals surface area contributed by atoms with E-state index in [1.807, 2.05) is 60.7 Å². The first-order valence-electron chi connectivity index (χ1n) is 12.1. The zero-order valence-electron chi connectivity index (χ0n) is 19.9. The van der Waals surface area contributed by atoms with E-state index in [2.05, 4.69) is 17.4 Å². The van der Waals surface area contributed by atoms with Gasteiger partial charge in [-0.05, 0) is 66.3 Å². The van der Waals surface area contributed by atoms with Gasteiger partial charge in [0.05, 0.1) is 23.2 Å². The number of benzene rings is 4.